The predicted octanol–water partition coefficient (Wildman–Crippen LogP) is 1.92. The van der Waals surface area contributed by atoms with E-state index >= 15 is 0 Å². The van der Waals surface area contributed by atoms with Crippen molar-refractivity contribution in [3.05, 3.63) is 47.3 Å². The first-order valence-corrected chi connectivity index (χ1v) is 8.79. The molecule has 1 aliphatic heterocycles. The molecule has 1 aliphatic rings. The van der Waals surface area contributed by atoms with E-state index in [2.05, 4.69) is 10.4 Å². The topological polar surface area (TPSA) is 105 Å². The summed E-state index contributed by atoms with van der Waals surface area (Å²) in [5.74, 6) is -1.55. The number of aromatic nitrogens is 2. The van der Waals surface area contributed by atoms with Crippen molar-refractivity contribution in [3.63, 3.8) is 0 Å². The number of amides is 2. The highest BCUT2D eigenvalue weighted by molar-refractivity contribution is 6.05. The first-order valence-electron chi connectivity index (χ1n) is 8.79. The van der Waals surface area contributed by atoms with Crippen molar-refractivity contribution in [2.75, 3.05) is 18.4 Å². The lowest BCUT2D eigenvalue weighted by Gasteiger charge is -2.30. The second-order valence-electron chi connectivity index (χ2n) is 6.70. The van der Waals surface area contributed by atoms with Gasteiger partial charge in [0.1, 0.15) is 0 Å². The summed E-state index contributed by atoms with van der Waals surface area (Å²) in [6.07, 6.45) is 2.46. The van der Waals surface area contributed by atoms with Crippen molar-refractivity contribution >= 4 is 23.5 Å². The molecule has 2 N–H and O–H groups in total. The van der Waals surface area contributed by atoms with E-state index in [1.165, 1.54) is 6.20 Å². The number of likely N-dealkylation sites (tertiary alicyclic amines) is 1. The number of piperidine rings is 1. The van der Waals surface area contributed by atoms with Gasteiger partial charge in [0.05, 0.1) is 17.7 Å². The molecule has 27 heavy (non-hydrogen) atoms. The zero-order valence-corrected chi connectivity index (χ0v) is 15.3. The van der Waals surface area contributed by atoms with Crippen molar-refractivity contribution in [1.29, 1.82) is 0 Å². The Morgan fingerprint density at radius 2 is 1.78 bits per heavy atom. The number of carbonyl (C=O) groups is 3. The molecule has 1 aromatic carbocycles. The largest absolute Gasteiger partial charge is 0.481 e. The summed E-state index contributed by atoms with van der Waals surface area (Å²) in [6.45, 7) is 2.69. The Labute approximate surface area is 156 Å². The number of nitrogens with zero attached hydrogens (tertiary/aromatic N) is 3. The monoisotopic (exact) mass is 370 g/mol. The van der Waals surface area contributed by atoms with E-state index in [0.29, 0.717) is 42.7 Å². The normalized spacial score (nSPS) is 14.8. The van der Waals surface area contributed by atoms with Gasteiger partial charge in [-0.05, 0) is 44.0 Å². The van der Waals surface area contributed by atoms with E-state index < -0.39 is 5.97 Å². The lowest BCUT2D eigenvalue weighted by molar-refractivity contribution is -0.143. The van der Waals surface area contributed by atoms with Crippen LogP contribution in [0.2, 0.25) is 0 Å². The Morgan fingerprint density at radius 1 is 1.15 bits per heavy atom. The predicted molar refractivity (Wildman–Crippen MR) is 98.6 cm³/mol. The number of hydrogen-bond donors (Lipinski definition) is 2. The number of aliphatic carboxylic acids is 1. The number of rotatable bonds is 4. The molecule has 0 atom stereocenters. The molecule has 0 saturated carbocycles. The molecule has 0 spiro atoms. The maximum absolute atomic E-state index is 12.6. The lowest BCUT2D eigenvalue weighted by Crippen LogP contribution is -2.40. The minimum Gasteiger partial charge on any atom is -0.481 e. The molecule has 2 aromatic rings. The van der Waals surface area contributed by atoms with E-state index in [0.717, 1.165) is 5.69 Å². The molecular formula is C19H22N4O4. The van der Waals surface area contributed by atoms with Gasteiger partial charge in [-0.25, -0.2) is 0 Å². The zero-order valence-electron chi connectivity index (χ0n) is 15.3. The molecule has 8 heteroatoms. The Bertz CT molecular complexity index is 864. The summed E-state index contributed by atoms with van der Waals surface area (Å²) < 4.78 is 1.63. The van der Waals surface area contributed by atoms with Crippen LogP contribution in [0.4, 0.5) is 5.69 Å². The number of carboxylic acid groups (broad SMARTS) is 1. The zero-order chi connectivity index (χ0) is 19.6. The maximum atomic E-state index is 12.6. The number of hydrogen-bond acceptors (Lipinski definition) is 4. The van der Waals surface area contributed by atoms with Crippen LogP contribution in [0.3, 0.4) is 0 Å². The van der Waals surface area contributed by atoms with Gasteiger partial charge in [0.2, 0.25) is 0 Å². The van der Waals surface area contributed by atoms with Gasteiger partial charge in [-0.2, -0.15) is 5.10 Å². The number of carboxylic acids is 1. The standard InChI is InChI=1S/C19H22N4O4/c1-12-16(11-20-22(12)2)17(24)21-15-5-3-13(4-6-15)18(25)23-9-7-14(8-10-23)19(26)27/h3-6,11,14H,7-10H2,1-2H3,(H,21,24)(H,26,27). The maximum Gasteiger partial charge on any atom is 0.306 e. The molecule has 0 bridgehead atoms. The molecule has 8 nitrogen and oxygen atoms in total. The van der Waals surface area contributed by atoms with E-state index in [4.69, 9.17) is 5.11 Å². The van der Waals surface area contributed by atoms with E-state index in [1.54, 1.807) is 40.9 Å². The van der Waals surface area contributed by atoms with Gasteiger partial charge in [0, 0.05) is 37.1 Å². The Morgan fingerprint density at radius 3 is 2.30 bits per heavy atom. The Balaban J connectivity index is 1.62. The molecular weight excluding hydrogens is 348 g/mol. The SMILES string of the molecule is Cc1c(C(=O)Nc2ccc(C(=O)N3CCC(C(=O)O)CC3)cc2)cnn1C. The van der Waals surface area contributed by atoms with Gasteiger partial charge >= 0.3 is 5.97 Å². The summed E-state index contributed by atoms with van der Waals surface area (Å²) in [7, 11) is 1.77. The Hall–Kier alpha value is -3.16. The van der Waals surface area contributed by atoms with Crippen LogP contribution in [0.5, 0.6) is 0 Å². The van der Waals surface area contributed by atoms with Gasteiger partial charge < -0.3 is 15.3 Å². The van der Waals surface area contributed by atoms with Crippen molar-refractivity contribution in [1.82, 2.24) is 14.7 Å². The first-order chi connectivity index (χ1) is 12.9. The highest BCUT2D eigenvalue weighted by atomic mass is 16.4. The van der Waals surface area contributed by atoms with Crippen molar-refractivity contribution in [2.45, 2.75) is 19.8 Å². The van der Waals surface area contributed by atoms with E-state index in [1.807, 2.05) is 6.92 Å². The Kier molecular flexibility index (Phi) is 5.25. The highest BCUT2D eigenvalue weighted by Gasteiger charge is 2.27. The quantitative estimate of drug-likeness (QED) is 0.855. The van der Waals surface area contributed by atoms with Gasteiger partial charge in [-0.1, -0.05) is 0 Å². The third-order valence-electron chi connectivity index (χ3n) is 5.00. The lowest BCUT2D eigenvalue weighted by atomic mass is 9.96. The number of aryl methyl sites for hydroxylation is 1. The van der Waals surface area contributed by atoms with Crippen LogP contribution in [0, 0.1) is 12.8 Å². The molecule has 3 rings (SSSR count). The van der Waals surface area contributed by atoms with Gasteiger partial charge in [0.15, 0.2) is 0 Å². The highest BCUT2D eigenvalue weighted by Crippen LogP contribution is 2.20. The summed E-state index contributed by atoms with van der Waals surface area (Å²) in [5.41, 5.74) is 2.37. The fourth-order valence-corrected chi connectivity index (χ4v) is 3.13. The van der Waals surface area contributed by atoms with Gasteiger partial charge in [-0.3, -0.25) is 19.1 Å². The third kappa shape index (κ3) is 3.99. The van der Waals surface area contributed by atoms with Crippen molar-refractivity contribution < 1.29 is 19.5 Å². The average Bonchev–Trinajstić information content (AvgIpc) is 3.01. The van der Waals surface area contributed by atoms with Crippen LogP contribution < -0.4 is 5.32 Å². The minimum atomic E-state index is -0.800. The molecule has 0 aliphatic carbocycles. The third-order valence-corrected chi connectivity index (χ3v) is 5.00. The summed E-state index contributed by atoms with van der Waals surface area (Å²) in [6, 6.07) is 6.69. The van der Waals surface area contributed by atoms with Crippen LogP contribution in [0.15, 0.2) is 30.5 Å². The van der Waals surface area contributed by atoms with Crippen LogP contribution >= 0.6 is 0 Å². The van der Waals surface area contributed by atoms with Crippen LogP contribution in [-0.2, 0) is 11.8 Å². The van der Waals surface area contributed by atoms with Crippen LogP contribution in [0.25, 0.3) is 0 Å². The van der Waals surface area contributed by atoms with E-state index in [9.17, 15) is 14.4 Å². The average molecular weight is 370 g/mol. The van der Waals surface area contributed by atoms with Crippen LogP contribution in [0.1, 0.15) is 39.3 Å². The van der Waals surface area contributed by atoms with Gasteiger partial charge in [0.25, 0.3) is 11.8 Å². The number of nitrogens with one attached hydrogen (secondary N) is 1. The molecule has 0 unspecified atom stereocenters. The molecule has 142 valence electrons. The van der Waals surface area contributed by atoms with E-state index in [-0.39, 0.29) is 17.7 Å². The smallest absolute Gasteiger partial charge is 0.306 e. The minimum absolute atomic E-state index is 0.125. The number of anilines is 1. The summed E-state index contributed by atoms with van der Waals surface area (Å²) >= 11 is 0. The molecule has 1 saturated heterocycles. The molecule has 1 fully saturated rings. The fourth-order valence-electron chi connectivity index (χ4n) is 3.13. The second kappa shape index (κ2) is 7.61. The molecule has 2 heterocycles. The first kappa shape index (κ1) is 18.6. The molecule has 0 radical (unpaired) electrons. The number of benzene rings is 1. The summed E-state index contributed by atoms with van der Waals surface area (Å²) in [5, 5.41) is 15.9. The summed E-state index contributed by atoms with van der Waals surface area (Å²) in [4.78, 5) is 37.6. The molecule has 2 amide bonds. The molecule has 1 aromatic heterocycles. The number of carbonyl (C=O) groups excluding carboxylic acids is 2. The van der Waals surface area contributed by atoms with Crippen molar-refractivity contribution in [2.24, 2.45) is 13.0 Å². The van der Waals surface area contributed by atoms with Crippen molar-refractivity contribution in [3.8, 4) is 0 Å². The van der Waals surface area contributed by atoms with Gasteiger partial charge in [-0.15, -0.1) is 0 Å². The second-order valence-corrected chi connectivity index (χ2v) is 6.70. The van der Waals surface area contributed by atoms with Crippen LogP contribution in [-0.4, -0.2) is 50.7 Å². The fraction of sp³-hybridized carbons (Fsp3) is 0.368.